The van der Waals surface area contributed by atoms with Gasteiger partial charge in [-0.15, -0.1) is 6.58 Å². The van der Waals surface area contributed by atoms with Crippen molar-refractivity contribution in [3.8, 4) is 0 Å². The van der Waals surface area contributed by atoms with Crippen molar-refractivity contribution in [2.24, 2.45) is 5.84 Å². The monoisotopic (exact) mass is 200 g/mol. The van der Waals surface area contributed by atoms with Crippen LogP contribution in [0, 0.1) is 0 Å². The Morgan fingerprint density at radius 2 is 2.14 bits per heavy atom. The van der Waals surface area contributed by atoms with Crippen molar-refractivity contribution in [1.82, 2.24) is 5.43 Å². The fourth-order valence-electron chi connectivity index (χ4n) is 1.58. The lowest BCUT2D eigenvalue weighted by atomic mass is 9.89. The molecule has 84 valence electrons. The van der Waals surface area contributed by atoms with Gasteiger partial charge >= 0.3 is 0 Å². The minimum Gasteiger partial charge on any atom is -0.374 e. The van der Waals surface area contributed by atoms with Gasteiger partial charge in [0, 0.05) is 6.61 Å². The van der Waals surface area contributed by atoms with Crippen LogP contribution in [0.4, 0.5) is 0 Å². The summed E-state index contributed by atoms with van der Waals surface area (Å²) in [5.74, 6) is 5.54. The van der Waals surface area contributed by atoms with Crippen LogP contribution in [0.1, 0.15) is 40.5 Å². The van der Waals surface area contributed by atoms with Crippen LogP contribution in [0.15, 0.2) is 12.2 Å². The molecule has 0 saturated heterocycles. The molecule has 0 aromatic carbocycles. The van der Waals surface area contributed by atoms with Gasteiger partial charge in [0.2, 0.25) is 0 Å². The third-order valence-corrected chi connectivity index (χ3v) is 2.67. The molecule has 3 N–H and O–H groups in total. The molecule has 14 heavy (non-hydrogen) atoms. The highest BCUT2D eigenvalue weighted by molar-refractivity contribution is 4.99. The smallest absolute Gasteiger partial charge is 0.0820 e. The summed E-state index contributed by atoms with van der Waals surface area (Å²) < 4.78 is 5.75. The van der Waals surface area contributed by atoms with Gasteiger partial charge in [0.15, 0.2) is 0 Å². The van der Waals surface area contributed by atoms with Crippen molar-refractivity contribution >= 4 is 0 Å². The van der Waals surface area contributed by atoms with E-state index in [2.05, 4.69) is 25.9 Å². The van der Waals surface area contributed by atoms with Crippen molar-refractivity contribution in [2.75, 3.05) is 6.61 Å². The van der Waals surface area contributed by atoms with E-state index in [1.807, 2.05) is 13.8 Å². The first-order valence-corrected chi connectivity index (χ1v) is 5.24. The second-order valence-electron chi connectivity index (χ2n) is 3.98. The predicted octanol–water partition coefficient (Wildman–Crippen LogP) is 1.99. The number of ether oxygens (including phenoxy) is 1. The maximum atomic E-state index is 5.75. The molecular weight excluding hydrogens is 176 g/mol. The molecule has 0 fully saturated rings. The maximum absolute atomic E-state index is 5.75. The molecule has 0 aromatic rings. The molecule has 0 bridgehead atoms. The first-order valence-electron chi connectivity index (χ1n) is 5.24. The summed E-state index contributed by atoms with van der Waals surface area (Å²) in [5, 5.41) is 0. The van der Waals surface area contributed by atoms with Gasteiger partial charge < -0.3 is 4.74 Å². The average Bonchev–Trinajstić information content (AvgIpc) is 2.14. The second kappa shape index (κ2) is 6.17. The summed E-state index contributed by atoms with van der Waals surface area (Å²) in [6.45, 7) is 12.8. The minimum absolute atomic E-state index is 0.130. The van der Waals surface area contributed by atoms with Crippen LogP contribution in [-0.2, 0) is 4.74 Å². The van der Waals surface area contributed by atoms with E-state index in [4.69, 9.17) is 10.6 Å². The van der Waals surface area contributed by atoms with E-state index in [-0.39, 0.29) is 11.6 Å². The fraction of sp³-hybridized carbons (Fsp3) is 0.818. The zero-order chi connectivity index (χ0) is 11.2. The van der Waals surface area contributed by atoms with Gasteiger partial charge in [0.1, 0.15) is 0 Å². The predicted molar refractivity (Wildman–Crippen MR) is 60.9 cm³/mol. The van der Waals surface area contributed by atoms with Crippen LogP contribution in [0.3, 0.4) is 0 Å². The first kappa shape index (κ1) is 13.6. The molecule has 2 atom stereocenters. The summed E-state index contributed by atoms with van der Waals surface area (Å²) in [6.07, 6.45) is 1.78. The van der Waals surface area contributed by atoms with Crippen LogP contribution >= 0.6 is 0 Å². The molecule has 0 aliphatic heterocycles. The largest absolute Gasteiger partial charge is 0.374 e. The molecule has 0 rings (SSSR count). The number of hydrogen-bond acceptors (Lipinski definition) is 3. The molecule has 0 aliphatic rings. The summed E-state index contributed by atoms with van der Waals surface area (Å²) in [7, 11) is 0. The van der Waals surface area contributed by atoms with E-state index in [0.29, 0.717) is 6.61 Å². The van der Waals surface area contributed by atoms with Crippen molar-refractivity contribution in [3.63, 3.8) is 0 Å². The van der Waals surface area contributed by atoms with E-state index in [1.54, 1.807) is 0 Å². The van der Waals surface area contributed by atoms with Gasteiger partial charge in [-0.25, -0.2) is 0 Å². The second-order valence-corrected chi connectivity index (χ2v) is 3.98. The van der Waals surface area contributed by atoms with Gasteiger partial charge in [-0.05, 0) is 33.6 Å². The summed E-state index contributed by atoms with van der Waals surface area (Å²) in [4.78, 5) is 0. The zero-order valence-electron chi connectivity index (χ0n) is 9.89. The highest BCUT2D eigenvalue weighted by Gasteiger charge is 2.32. The Morgan fingerprint density at radius 3 is 2.43 bits per heavy atom. The summed E-state index contributed by atoms with van der Waals surface area (Å²) in [6, 6.07) is 0.130. The molecule has 0 heterocycles. The van der Waals surface area contributed by atoms with Crippen molar-refractivity contribution in [2.45, 2.75) is 52.2 Å². The Balaban J connectivity index is 4.49. The van der Waals surface area contributed by atoms with E-state index in [9.17, 15) is 0 Å². The zero-order valence-corrected chi connectivity index (χ0v) is 9.89. The molecule has 0 amide bonds. The normalized spacial score (nSPS) is 17.5. The Kier molecular flexibility index (Phi) is 6.00. The van der Waals surface area contributed by atoms with Crippen LogP contribution in [0.5, 0.6) is 0 Å². The van der Waals surface area contributed by atoms with Crippen LogP contribution in [0.2, 0.25) is 0 Å². The summed E-state index contributed by atoms with van der Waals surface area (Å²) in [5.41, 5.74) is 3.74. The Bertz CT molecular complexity index is 182. The van der Waals surface area contributed by atoms with Crippen molar-refractivity contribution < 1.29 is 4.74 Å². The van der Waals surface area contributed by atoms with E-state index in [1.165, 1.54) is 0 Å². The fourth-order valence-corrected chi connectivity index (χ4v) is 1.58. The van der Waals surface area contributed by atoms with Crippen molar-refractivity contribution in [1.29, 1.82) is 0 Å². The molecule has 3 heteroatoms. The molecule has 2 unspecified atom stereocenters. The van der Waals surface area contributed by atoms with E-state index >= 15 is 0 Å². The molecule has 0 aliphatic carbocycles. The molecule has 0 spiro atoms. The van der Waals surface area contributed by atoms with Crippen LogP contribution in [-0.4, -0.2) is 18.2 Å². The van der Waals surface area contributed by atoms with Gasteiger partial charge in [-0.2, -0.15) is 0 Å². The quantitative estimate of drug-likeness (QED) is 0.375. The Morgan fingerprint density at radius 1 is 1.57 bits per heavy atom. The van der Waals surface area contributed by atoms with Gasteiger partial charge in [-0.1, -0.05) is 12.5 Å². The molecular formula is C11H24N2O. The summed E-state index contributed by atoms with van der Waals surface area (Å²) >= 11 is 0. The molecule has 3 nitrogen and oxygen atoms in total. The first-order chi connectivity index (χ1) is 6.50. The third-order valence-electron chi connectivity index (χ3n) is 2.67. The standard InChI is InChI=1S/C11H24N2O/c1-6-11(5,14-7-2)10(13-12)8-9(3)4/h10,13H,3,6-8,12H2,1-2,4-5H3. The topological polar surface area (TPSA) is 47.3 Å². The van der Waals surface area contributed by atoms with E-state index < -0.39 is 0 Å². The highest BCUT2D eigenvalue weighted by atomic mass is 16.5. The molecule has 0 saturated carbocycles. The molecule has 0 radical (unpaired) electrons. The molecule has 0 aromatic heterocycles. The SMILES string of the molecule is C=C(C)CC(NN)C(C)(CC)OCC. The van der Waals surface area contributed by atoms with Crippen LogP contribution in [0.25, 0.3) is 0 Å². The minimum atomic E-state index is -0.206. The lowest BCUT2D eigenvalue weighted by Gasteiger charge is -2.36. The lowest BCUT2D eigenvalue weighted by molar-refractivity contribution is -0.0550. The third kappa shape index (κ3) is 3.78. The number of rotatable bonds is 7. The number of nitrogens with one attached hydrogen (secondary N) is 1. The van der Waals surface area contributed by atoms with Crippen molar-refractivity contribution in [3.05, 3.63) is 12.2 Å². The highest BCUT2D eigenvalue weighted by Crippen LogP contribution is 2.23. The van der Waals surface area contributed by atoms with E-state index in [0.717, 1.165) is 18.4 Å². The average molecular weight is 200 g/mol. The number of hydrogen-bond donors (Lipinski definition) is 2. The van der Waals surface area contributed by atoms with Gasteiger partial charge in [-0.3, -0.25) is 11.3 Å². The Hall–Kier alpha value is -0.380. The Labute approximate surface area is 87.7 Å². The lowest BCUT2D eigenvalue weighted by Crippen LogP contribution is -2.53. The van der Waals surface area contributed by atoms with Crippen LogP contribution < -0.4 is 11.3 Å². The number of nitrogens with two attached hydrogens (primary N) is 1. The number of hydrazine groups is 1. The van der Waals surface area contributed by atoms with Gasteiger partial charge in [0.05, 0.1) is 11.6 Å². The van der Waals surface area contributed by atoms with Gasteiger partial charge in [0.25, 0.3) is 0 Å². The maximum Gasteiger partial charge on any atom is 0.0820 e.